The van der Waals surface area contributed by atoms with Crippen molar-refractivity contribution in [2.75, 3.05) is 45.7 Å². The summed E-state index contributed by atoms with van der Waals surface area (Å²) >= 11 is 0. The minimum Gasteiger partial charge on any atom is -0.480 e. The Morgan fingerprint density at radius 1 is 1.05 bits per heavy atom. The van der Waals surface area contributed by atoms with Gasteiger partial charge in [-0.3, -0.25) is 9.69 Å². The fraction of sp³-hybridized carbons (Fsp3) is 0.467. The maximum absolute atomic E-state index is 12.4. The molecule has 0 spiro atoms. The van der Waals surface area contributed by atoms with Gasteiger partial charge in [-0.25, -0.2) is 4.79 Å². The summed E-state index contributed by atoms with van der Waals surface area (Å²) in [5, 5.41) is 9.03. The molecule has 1 rings (SSSR count). The van der Waals surface area contributed by atoms with Gasteiger partial charge in [0, 0.05) is 25.8 Å². The van der Waals surface area contributed by atoms with E-state index in [-0.39, 0.29) is 12.6 Å². The predicted octanol–water partition coefficient (Wildman–Crippen LogP) is 1.50. The van der Waals surface area contributed by atoms with Crippen LogP contribution >= 0.6 is 0 Å². The highest BCUT2D eigenvalue weighted by atomic mass is 16.4. The molecule has 0 heterocycles. The SMILES string of the molecule is Cc1ccc(N(CC(=O)O)C(=O)N(C)CCN(C)C)cc1. The first kappa shape index (κ1) is 17.0. The van der Waals surface area contributed by atoms with Crippen molar-refractivity contribution in [3.63, 3.8) is 0 Å². The lowest BCUT2D eigenvalue weighted by Crippen LogP contribution is -2.45. The number of likely N-dealkylation sites (N-methyl/N-ethyl adjacent to an activating group) is 2. The number of urea groups is 1. The predicted molar refractivity (Wildman–Crippen MR) is 82.7 cm³/mol. The number of aryl methyl sites for hydroxylation is 1. The molecule has 1 N–H and O–H groups in total. The zero-order valence-electron chi connectivity index (χ0n) is 13.0. The summed E-state index contributed by atoms with van der Waals surface area (Å²) in [6, 6.07) is 6.92. The Morgan fingerprint density at radius 2 is 1.62 bits per heavy atom. The van der Waals surface area contributed by atoms with E-state index in [0.29, 0.717) is 12.2 Å². The number of anilines is 1. The highest BCUT2D eigenvalue weighted by Crippen LogP contribution is 2.16. The maximum Gasteiger partial charge on any atom is 0.324 e. The number of hydrogen-bond donors (Lipinski definition) is 1. The summed E-state index contributed by atoms with van der Waals surface area (Å²) in [4.78, 5) is 28.2. The fourth-order valence-corrected chi connectivity index (χ4v) is 1.78. The molecule has 0 bridgehead atoms. The molecule has 116 valence electrons. The van der Waals surface area contributed by atoms with Gasteiger partial charge in [0.1, 0.15) is 6.54 Å². The molecule has 0 aliphatic carbocycles. The summed E-state index contributed by atoms with van der Waals surface area (Å²) in [6.07, 6.45) is 0. The summed E-state index contributed by atoms with van der Waals surface area (Å²) in [7, 11) is 5.52. The van der Waals surface area contributed by atoms with Crippen LogP contribution in [0.4, 0.5) is 10.5 Å². The van der Waals surface area contributed by atoms with Crippen LogP contribution in [-0.2, 0) is 4.79 Å². The van der Waals surface area contributed by atoms with Crippen molar-refractivity contribution in [2.45, 2.75) is 6.92 Å². The molecule has 0 unspecified atom stereocenters. The van der Waals surface area contributed by atoms with Crippen LogP contribution in [0.2, 0.25) is 0 Å². The second kappa shape index (κ2) is 7.64. The first-order valence-corrected chi connectivity index (χ1v) is 6.77. The van der Waals surface area contributed by atoms with Crippen molar-refractivity contribution in [2.24, 2.45) is 0 Å². The Kier molecular flexibility index (Phi) is 6.17. The average molecular weight is 293 g/mol. The summed E-state index contributed by atoms with van der Waals surface area (Å²) in [5.41, 5.74) is 1.65. The molecule has 0 saturated carbocycles. The van der Waals surface area contributed by atoms with Crippen LogP contribution in [-0.4, -0.2) is 67.7 Å². The van der Waals surface area contributed by atoms with Gasteiger partial charge in [0.25, 0.3) is 0 Å². The third-order valence-corrected chi connectivity index (χ3v) is 3.08. The topological polar surface area (TPSA) is 64.1 Å². The molecule has 0 aromatic heterocycles. The number of benzene rings is 1. The molecule has 0 radical (unpaired) electrons. The van der Waals surface area contributed by atoms with E-state index in [0.717, 1.165) is 12.1 Å². The lowest BCUT2D eigenvalue weighted by molar-refractivity contribution is -0.135. The first-order valence-electron chi connectivity index (χ1n) is 6.77. The number of nitrogens with zero attached hydrogens (tertiary/aromatic N) is 3. The number of carbonyl (C=O) groups excluding carboxylic acids is 1. The summed E-state index contributed by atoms with van der Waals surface area (Å²) in [5.74, 6) is -1.04. The van der Waals surface area contributed by atoms with E-state index in [2.05, 4.69) is 0 Å². The van der Waals surface area contributed by atoms with Gasteiger partial charge < -0.3 is 14.9 Å². The van der Waals surface area contributed by atoms with E-state index in [1.165, 1.54) is 9.80 Å². The van der Waals surface area contributed by atoms with E-state index >= 15 is 0 Å². The third kappa shape index (κ3) is 5.43. The number of aliphatic carboxylic acids is 1. The van der Waals surface area contributed by atoms with E-state index in [4.69, 9.17) is 5.11 Å². The van der Waals surface area contributed by atoms with Gasteiger partial charge in [-0.1, -0.05) is 17.7 Å². The molecule has 0 atom stereocenters. The smallest absolute Gasteiger partial charge is 0.324 e. The van der Waals surface area contributed by atoms with Crippen molar-refractivity contribution in [1.29, 1.82) is 0 Å². The molecule has 0 aliphatic rings. The number of carbonyl (C=O) groups is 2. The summed E-state index contributed by atoms with van der Waals surface area (Å²) in [6.45, 7) is 2.84. The Hall–Kier alpha value is -2.08. The standard InChI is InChI=1S/C15H23N3O3/c1-12-5-7-13(8-6-12)18(11-14(19)20)15(21)17(4)10-9-16(2)3/h5-8H,9-11H2,1-4H3,(H,19,20). The van der Waals surface area contributed by atoms with Gasteiger partial charge in [0.15, 0.2) is 0 Å². The van der Waals surface area contributed by atoms with Crippen molar-refractivity contribution in [3.8, 4) is 0 Å². The molecule has 6 heteroatoms. The van der Waals surface area contributed by atoms with Crippen molar-refractivity contribution in [1.82, 2.24) is 9.80 Å². The van der Waals surface area contributed by atoms with Crippen LogP contribution < -0.4 is 4.90 Å². The van der Waals surface area contributed by atoms with E-state index in [1.54, 1.807) is 19.2 Å². The average Bonchev–Trinajstić information content (AvgIpc) is 2.42. The second-order valence-electron chi connectivity index (χ2n) is 5.32. The lowest BCUT2D eigenvalue weighted by atomic mass is 10.2. The molecule has 2 amide bonds. The van der Waals surface area contributed by atoms with Gasteiger partial charge >= 0.3 is 12.0 Å². The molecule has 6 nitrogen and oxygen atoms in total. The molecule has 1 aromatic carbocycles. The van der Waals surface area contributed by atoms with Crippen molar-refractivity contribution < 1.29 is 14.7 Å². The van der Waals surface area contributed by atoms with Crippen molar-refractivity contribution >= 4 is 17.7 Å². The molecular formula is C15H23N3O3. The maximum atomic E-state index is 12.4. The van der Waals surface area contributed by atoms with Crippen LogP contribution in [0.1, 0.15) is 5.56 Å². The molecule has 0 saturated heterocycles. The highest BCUT2D eigenvalue weighted by Gasteiger charge is 2.22. The Balaban J connectivity index is 2.88. The van der Waals surface area contributed by atoms with Crippen molar-refractivity contribution in [3.05, 3.63) is 29.8 Å². The number of amides is 2. The Bertz CT molecular complexity index is 485. The van der Waals surface area contributed by atoms with Gasteiger partial charge in [-0.2, -0.15) is 0 Å². The Morgan fingerprint density at radius 3 is 2.10 bits per heavy atom. The first-order chi connectivity index (χ1) is 9.81. The van der Waals surface area contributed by atoms with E-state index in [9.17, 15) is 9.59 Å². The van der Waals surface area contributed by atoms with Crippen LogP contribution in [0.15, 0.2) is 24.3 Å². The molecular weight excluding hydrogens is 270 g/mol. The normalized spacial score (nSPS) is 10.5. The minimum atomic E-state index is -1.04. The van der Waals surface area contributed by atoms with E-state index < -0.39 is 5.97 Å². The fourth-order valence-electron chi connectivity index (χ4n) is 1.78. The van der Waals surface area contributed by atoms with Gasteiger partial charge in [0.05, 0.1) is 0 Å². The number of carboxylic acid groups (broad SMARTS) is 1. The molecule has 0 aliphatic heterocycles. The molecule has 1 aromatic rings. The number of rotatable bonds is 6. The molecule has 0 fully saturated rings. The minimum absolute atomic E-state index is 0.317. The van der Waals surface area contributed by atoms with E-state index in [1.807, 2.05) is 38.1 Å². The molecule has 21 heavy (non-hydrogen) atoms. The number of hydrogen-bond acceptors (Lipinski definition) is 3. The third-order valence-electron chi connectivity index (χ3n) is 3.08. The number of carboxylic acids is 1. The van der Waals surface area contributed by atoms with Crippen LogP contribution in [0.3, 0.4) is 0 Å². The monoisotopic (exact) mass is 293 g/mol. The van der Waals surface area contributed by atoms with Gasteiger partial charge in [0.2, 0.25) is 0 Å². The quantitative estimate of drug-likeness (QED) is 0.863. The summed E-state index contributed by atoms with van der Waals surface area (Å²) < 4.78 is 0. The zero-order chi connectivity index (χ0) is 16.0. The highest BCUT2D eigenvalue weighted by molar-refractivity contribution is 5.96. The van der Waals surface area contributed by atoms with Crippen LogP contribution in [0.5, 0.6) is 0 Å². The largest absolute Gasteiger partial charge is 0.480 e. The zero-order valence-corrected chi connectivity index (χ0v) is 13.0. The van der Waals surface area contributed by atoms with Gasteiger partial charge in [-0.05, 0) is 33.2 Å². The van der Waals surface area contributed by atoms with Gasteiger partial charge in [-0.15, -0.1) is 0 Å². The lowest BCUT2D eigenvalue weighted by Gasteiger charge is -2.28. The Labute approximate surface area is 125 Å². The van der Waals surface area contributed by atoms with Crippen LogP contribution in [0.25, 0.3) is 0 Å². The van der Waals surface area contributed by atoms with Crippen LogP contribution in [0, 0.1) is 6.92 Å². The second-order valence-corrected chi connectivity index (χ2v) is 5.32.